The number of nitrogens with zero attached hydrogens (tertiary/aromatic N) is 1. The molecule has 1 aromatic rings. The van der Waals surface area contributed by atoms with Gasteiger partial charge in [0, 0.05) is 23.6 Å². The summed E-state index contributed by atoms with van der Waals surface area (Å²) in [5, 5.41) is 12.9. The lowest BCUT2D eigenvalue weighted by Gasteiger charge is -2.17. The fourth-order valence-electron chi connectivity index (χ4n) is 2.03. The first kappa shape index (κ1) is 12.4. The highest BCUT2D eigenvalue weighted by molar-refractivity contribution is 9.10. The van der Waals surface area contributed by atoms with Gasteiger partial charge in [-0.25, -0.2) is 0 Å². The number of nitrogens with one attached hydrogen (secondary N) is 1. The fourth-order valence-corrected chi connectivity index (χ4v) is 2.39. The van der Waals surface area contributed by atoms with Gasteiger partial charge in [0.25, 0.3) is 5.91 Å². The molecule has 1 unspecified atom stereocenters. The van der Waals surface area contributed by atoms with Crippen molar-refractivity contribution in [2.75, 3.05) is 20.1 Å². The molecule has 2 N–H and O–H groups in total. The third kappa shape index (κ3) is 2.61. The van der Waals surface area contributed by atoms with Crippen molar-refractivity contribution in [3.05, 3.63) is 28.2 Å². The first-order valence-electron chi connectivity index (χ1n) is 5.57. The largest absolute Gasteiger partial charge is 0.507 e. The van der Waals surface area contributed by atoms with Crippen LogP contribution in [0.4, 0.5) is 0 Å². The van der Waals surface area contributed by atoms with E-state index in [9.17, 15) is 9.90 Å². The third-order valence-electron chi connectivity index (χ3n) is 3.07. The summed E-state index contributed by atoms with van der Waals surface area (Å²) in [6.45, 7) is 1.43. The lowest BCUT2D eigenvalue weighted by molar-refractivity contribution is 0.0786. The maximum absolute atomic E-state index is 12.2. The summed E-state index contributed by atoms with van der Waals surface area (Å²) >= 11 is 3.30. The van der Waals surface area contributed by atoms with E-state index in [1.807, 2.05) is 7.05 Å². The molecule has 5 heteroatoms. The first-order valence-corrected chi connectivity index (χ1v) is 6.36. The number of likely N-dealkylation sites (tertiary alicyclic amines) is 1. The molecule has 1 amide bonds. The highest BCUT2D eigenvalue weighted by Gasteiger charge is 2.27. The maximum Gasteiger partial charge on any atom is 0.257 e. The van der Waals surface area contributed by atoms with Crippen LogP contribution in [0.15, 0.2) is 22.7 Å². The minimum atomic E-state index is -0.110. The smallest absolute Gasteiger partial charge is 0.257 e. The number of benzene rings is 1. The Hall–Kier alpha value is -1.07. The van der Waals surface area contributed by atoms with Gasteiger partial charge in [0.15, 0.2) is 0 Å². The molecule has 92 valence electrons. The second-order valence-electron chi connectivity index (χ2n) is 4.19. The minimum absolute atomic E-state index is 0.0334. The number of halogens is 1. The van der Waals surface area contributed by atoms with E-state index in [1.165, 1.54) is 6.07 Å². The molecule has 1 atom stereocenters. The Labute approximate surface area is 109 Å². The Bertz CT molecular complexity index is 437. The zero-order chi connectivity index (χ0) is 12.4. The highest BCUT2D eigenvalue weighted by Crippen LogP contribution is 2.24. The van der Waals surface area contributed by atoms with E-state index < -0.39 is 0 Å². The summed E-state index contributed by atoms with van der Waals surface area (Å²) in [6.07, 6.45) is 0.955. The number of carbonyl (C=O) groups is 1. The summed E-state index contributed by atoms with van der Waals surface area (Å²) in [7, 11) is 1.90. The van der Waals surface area contributed by atoms with E-state index in [4.69, 9.17) is 0 Å². The molecule has 1 fully saturated rings. The van der Waals surface area contributed by atoms with E-state index in [0.29, 0.717) is 18.2 Å². The van der Waals surface area contributed by atoms with Gasteiger partial charge in [-0.1, -0.05) is 15.9 Å². The maximum atomic E-state index is 12.2. The highest BCUT2D eigenvalue weighted by atomic mass is 79.9. The topological polar surface area (TPSA) is 52.6 Å². The van der Waals surface area contributed by atoms with Crippen molar-refractivity contribution < 1.29 is 9.90 Å². The zero-order valence-corrected chi connectivity index (χ0v) is 11.2. The number of hydrogen-bond donors (Lipinski definition) is 2. The van der Waals surface area contributed by atoms with E-state index in [0.717, 1.165) is 17.4 Å². The number of rotatable bonds is 2. The van der Waals surface area contributed by atoms with Crippen molar-refractivity contribution in [1.82, 2.24) is 10.2 Å². The van der Waals surface area contributed by atoms with Crippen LogP contribution in [0.1, 0.15) is 16.8 Å². The SMILES string of the molecule is CNC1CCN(C(=O)c2cc(Br)ccc2O)C1. The van der Waals surface area contributed by atoms with Crippen LogP contribution in [-0.4, -0.2) is 42.1 Å². The van der Waals surface area contributed by atoms with Crippen molar-refractivity contribution >= 4 is 21.8 Å². The van der Waals surface area contributed by atoms with Crippen LogP contribution in [0, 0.1) is 0 Å². The Kier molecular flexibility index (Phi) is 3.69. The van der Waals surface area contributed by atoms with Gasteiger partial charge >= 0.3 is 0 Å². The fraction of sp³-hybridized carbons (Fsp3) is 0.417. The minimum Gasteiger partial charge on any atom is -0.507 e. The van der Waals surface area contributed by atoms with Crippen LogP contribution in [-0.2, 0) is 0 Å². The molecule has 0 aliphatic carbocycles. The average Bonchev–Trinajstić information content (AvgIpc) is 2.80. The van der Waals surface area contributed by atoms with Crippen molar-refractivity contribution in [3.63, 3.8) is 0 Å². The molecule has 17 heavy (non-hydrogen) atoms. The van der Waals surface area contributed by atoms with E-state index in [1.54, 1.807) is 17.0 Å². The van der Waals surface area contributed by atoms with Crippen molar-refractivity contribution in [2.24, 2.45) is 0 Å². The molecule has 1 heterocycles. The molecular formula is C12H15BrN2O2. The molecule has 0 aromatic heterocycles. The Morgan fingerprint density at radius 2 is 2.35 bits per heavy atom. The monoisotopic (exact) mass is 298 g/mol. The van der Waals surface area contributed by atoms with E-state index in [2.05, 4.69) is 21.2 Å². The summed E-state index contributed by atoms with van der Waals surface area (Å²) < 4.78 is 0.794. The summed E-state index contributed by atoms with van der Waals surface area (Å²) in [4.78, 5) is 14.0. The van der Waals surface area contributed by atoms with Crippen LogP contribution < -0.4 is 5.32 Å². The quantitative estimate of drug-likeness (QED) is 0.872. The first-order chi connectivity index (χ1) is 8.11. The van der Waals surface area contributed by atoms with Crippen LogP contribution in [0.5, 0.6) is 5.75 Å². The summed E-state index contributed by atoms with van der Waals surface area (Å²) in [5.41, 5.74) is 0.358. The molecule has 0 bridgehead atoms. The second-order valence-corrected chi connectivity index (χ2v) is 5.10. The Morgan fingerprint density at radius 3 is 3.00 bits per heavy atom. The number of phenolic OH excluding ortho intramolecular Hbond substituents is 1. The molecule has 0 spiro atoms. The summed E-state index contributed by atoms with van der Waals surface area (Å²) in [5.74, 6) is -0.0762. The van der Waals surface area contributed by atoms with Crippen LogP contribution in [0.25, 0.3) is 0 Å². The molecule has 1 aliphatic rings. The van der Waals surface area contributed by atoms with Crippen molar-refractivity contribution in [2.45, 2.75) is 12.5 Å². The molecule has 2 rings (SSSR count). The standard InChI is InChI=1S/C12H15BrN2O2/c1-14-9-4-5-15(7-9)12(17)10-6-8(13)2-3-11(10)16/h2-3,6,9,14,16H,4-5,7H2,1H3. The van der Waals surface area contributed by atoms with E-state index >= 15 is 0 Å². The van der Waals surface area contributed by atoms with Gasteiger partial charge in [0.1, 0.15) is 5.75 Å². The van der Waals surface area contributed by atoms with Crippen LogP contribution >= 0.6 is 15.9 Å². The van der Waals surface area contributed by atoms with Crippen LogP contribution in [0.2, 0.25) is 0 Å². The Morgan fingerprint density at radius 1 is 1.59 bits per heavy atom. The van der Waals surface area contributed by atoms with Gasteiger partial charge in [-0.15, -0.1) is 0 Å². The number of likely N-dealkylation sites (N-methyl/N-ethyl adjacent to an activating group) is 1. The van der Waals surface area contributed by atoms with E-state index in [-0.39, 0.29) is 11.7 Å². The number of aromatic hydroxyl groups is 1. The van der Waals surface area contributed by atoms with Crippen molar-refractivity contribution in [3.8, 4) is 5.75 Å². The lowest BCUT2D eigenvalue weighted by atomic mass is 10.2. The molecule has 4 nitrogen and oxygen atoms in total. The van der Waals surface area contributed by atoms with Gasteiger partial charge < -0.3 is 15.3 Å². The predicted molar refractivity (Wildman–Crippen MR) is 69.2 cm³/mol. The number of amides is 1. The van der Waals surface area contributed by atoms with Gasteiger partial charge in [0.2, 0.25) is 0 Å². The zero-order valence-electron chi connectivity index (χ0n) is 9.61. The molecule has 1 aliphatic heterocycles. The van der Waals surface area contributed by atoms with Gasteiger partial charge in [-0.2, -0.15) is 0 Å². The third-order valence-corrected chi connectivity index (χ3v) is 3.57. The predicted octanol–water partition coefficient (Wildman–Crippen LogP) is 1.59. The Balaban J connectivity index is 2.17. The second kappa shape index (κ2) is 5.06. The molecule has 0 saturated carbocycles. The normalized spacial score (nSPS) is 19.6. The summed E-state index contributed by atoms with van der Waals surface area (Å²) in [6, 6.07) is 5.26. The molecule has 1 aromatic carbocycles. The number of carbonyl (C=O) groups excluding carboxylic acids is 1. The molecule has 1 saturated heterocycles. The average molecular weight is 299 g/mol. The van der Waals surface area contributed by atoms with Gasteiger partial charge in [-0.3, -0.25) is 4.79 Å². The lowest BCUT2D eigenvalue weighted by Crippen LogP contribution is -2.33. The molecule has 0 radical (unpaired) electrons. The molecular weight excluding hydrogens is 284 g/mol. The van der Waals surface area contributed by atoms with Gasteiger partial charge in [0.05, 0.1) is 5.56 Å². The van der Waals surface area contributed by atoms with Crippen molar-refractivity contribution in [1.29, 1.82) is 0 Å². The van der Waals surface area contributed by atoms with Crippen LogP contribution in [0.3, 0.4) is 0 Å². The number of phenols is 1. The number of hydrogen-bond acceptors (Lipinski definition) is 3. The van der Waals surface area contributed by atoms with Gasteiger partial charge in [-0.05, 0) is 31.7 Å².